The zero-order chi connectivity index (χ0) is 15.4. The predicted octanol–water partition coefficient (Wildman–Crippen LogP) is 2.63. The number of benzene rings is 1. The highest BCUT2D eigenvalue weighted by Gasteiger charge is 2.26. The van der Waals surface area contributed by atoms with Crippen molar-refractivity contribution in [3.63, 3.8) is 0 Å². The Morgan fingerprint density at radius 2 is 1.60 bits per heavy atom. The molecule has 3 N–H and O–H groups in total. The van der Waals surface area contributed by atoms with E-state index >= 15 is 0 Å². The van der Waals surface area contributed by atoms with E-state index < -0.39 is 0 Å². The molecule has 1 rings (SSSR count). The quantitative estimate of drug-likeness (QED) is 0.619. The minimum absolute atomic E-state index is 0.378. The van der Waals surface area contributed by atoms with Gasteiger partial charge in [0.25, 0.3) is 0 Å². The number of nitrogens with two attached hydrogens (primary N) is 1. The number of rotatable bonds is 6. The van der Waals surface area contributed by atoms with E-state index in [1.165, 1.54) is 0 Å². The fourth-order valence-corrected chi connectivity index (χ4v) is 2.58. The Morgan fingerprint density at radius 1 is 1.05 bits per heavy atom. The lowest BCUT2D eigenvalue weighted by molar-refractivity contribution is 0.0754. The molecular weight excluding hydrogens is 250 g/mol. The van der Waals surface area contributed by atoms with Gasteiger partial charge in [-0.25, -0.2) is 15.1 Å². The molecule has 5 heteroatoms. The topological polar surface area (TPSA) is 47.8 Å². The van der Waals surface area contributed by atoms with Crippen LogP contribution in [-0.4, -0.2) is 43.2 Å². The summed E-state index contributed by atoms with van der Waals surface area (Å²) in [4.78, 5) is 0. The number of nitrogen functional groups attached to an aromatic ring is 1. The summed E-state index contributed by atoms with van der Waals surface area (Å²) in [6, 6.07) is 6.74. The Bertz CT molecular complexity index is 420. The van der Waals surface area contributed by atoms with Gasteiger partial charge < -0.3 is 11.1 Å². The van der Waals surface area contributed by atoms with E-state index in [9.17, 15) is 0 Å². The molecule has 0 saturated carbocycles. The number of nitrogens with zero attached hydrogens (tertiary/aromatic N) is 3. The van der Waals surface area contributed by atoms with Gasteiger partial charge in [0.2, 0.25) is 0 Å². The molecule has 0 bridgehead atoms. The summed E-state index contributed by atoms with van der Waals surface area (Å²) in [5.74, 6) is 0. The van der Waals surface area contributed by atoms with Crippen molar-refractivity contribution < 1.29 is 0 Å². The minimum atomic E-state index is 0.378. The molecular formula is C15H29N5. The molecule has 0 radical (unpaired) electrons. The third kappa shape index (κ3) is 3.35. The second-order valence-corrected chi connectivity index (χ2v) is 5.70. The third-order valence-corrected chi connectivity index (χ3v) is 3.20. The fraction of sp³-hybridized carbons (Fsp3) is 0.600. The van der Waals surface area contributed by atoms with Crippen LogP contribution in [0, 0.1) is 0 Å². The van der Waals surface area contributed by atoms with Gasteiger partial charge in [-0.3, -0.25) is 0 Å². The first-order valence-electron chi connectivity index (χ1n) is 7.13. The molecule has 5 nitrogen and oxygen atoms in total. The smallest absolute Gasteiger partial charge is 0.0959 e. The Hall–Kier alpha value is -1.46. The number of hydrazine groups is 2. The Labute approximate surface area is 123 Å². The van der Waals surface area contributed by atoms with Gasteiger partial charge in [-0.1, -0.05) is 6.07 Å². The lowest BCUT2D eigenvalue weighted by Gasteiger charge is -2.45. The van der Waals surface area contributed by atoms with Crippen molar-refractivity contribution in [2.45, 2.75) is 39.8 Å². The van der Waals surface area contributed by atoms with Gasteiger partial charge in [-0.05, 0) is 39.8 Å². The van der Waals surface area contributed by atoms with E-state index in [1.807, 2.05) is 33.3 Å². The van der Waals surface area contributed by atoms with E-state index in [0.29, 0.717) is 12.1 Å². The summed E-state index contributed by atoms with van der Waals surface area (Å²) in [5.41, 5.74) is 8.86. The van der Waals surface area contributed by atoms with E-state index in [2.05, 4.69) is 54.2 Å². The maximum absolute atomic E-state index is 6.10. The average Bonchev–Trinajstić information content (AvgIpc) is 2.34. The van der Waals surface area contributed by atoms with Crippen molar-refractivity contribution in [1.82, 2.24) is 10.0 Å². The molecule has 0 aliphatic heterocycles. The minimum Gasteiger partial charge on any atom is -0.397 e. The summed E-state index contributed by atoms with van der Waals surface area (Å²) < 4.78 is 0. The zero-order valence-corrected chi connectivity index (χ0v) is 13.8. The van der Waals surface area contributed by atoms with Gasteiger partial charge >= 0.3 is 0 Å². The first-order valence-corrected chi connectivity index (χ1v) is 7.13. The highest BCUT2D eigenvalue weighted by Crippen LogP contribution is 2.33. The van der Waals surface area contributed by atoms with Crippen LogP contribution in [0.3, 0.4) is 0 Å². The second-order valence-electron chi connectivity index (χ2n) is 5.70. The van der Waals surface area contributed by atoms with Crippen LogP contribution in [0.15, 0.2) is 18.2 Å². The van der Waals surface area contributed by atoms with Crippen LogP contribution in [0.1, 0.15) is 27.7 Å². The lowest BCUT2D eigenvalue weighted by atomic mass is 10.2. The Balaban J connectivity index is 3.37. The van der Waals surface area contributed by atoms with Crippen LogP contribution in [0.4, 0.5) is 17.1 Å². The highest BCUT2D eigenvalue weighted by atomic mass is 15.9. The fourth-order valence-electron chi connectivity index (χ4n) is 2.58. The highest BCUT2D eigenvalue weighted by molar-refractivity contribution is 5.81. The van der Waals surface area contributed by atoms with Crippen LogP contribution < -0.4 is 16.2 Å². The standard InChI is InChI=1S/C15H29N5/c1-11(2)19(12(3)4)20(18(6)7)14-10-8-9-13(16)15(14)17-5/h8-12,17H,16H2,1-7H3. The van der Waals surface area contributed by atoms with E-state index in [-0.39, 0.29) is 0 Å². The first-order chi connectivity index (χ1) is 9.31. The van der Waals surface area contributed by atoms with Gasteiger partial charge in [-0.15, -0.1) is 0 Å². The molecule has 20 heavy (non-hydrogen) atoms. The monoisotopic (exact) mass is 279 g/mol. The van der Waals surface area contributed by atoms with Crippen LogP contribution in [0.25, 0.3) is 0 Å². The summed E-state index contributed by atoms with van der Waals surface area (Å²) in [5, 5.41) is 9.80. The van der Waals surface area contributed by atoms with E-state index in [4.69, 9.17) is 5.73 Å². The van der Waals surface area contributed by atoms with Crippen molar-refractivity contribution in [2.75, 3.05) is 37.3 Å². The van der Waals surface area contributed by atoms with Crippen molar-refractivity contribution >= 4 is 17.1 Å². The second kappa shape index (κ2) is 6.81. The largest absolute Gasteiger partial charge is 0.397 e. The van der Waals surface area contributed by atoms with Gasteiger partial charge in [0.1, 0.15) is 0 Å². The molecule has 1 aromatic rings. The molecule has 0 unspecified atom stereocenters. The molecule has 0 aliphatic rings. The number of hydrogen-bond acceptors (Lipinski definition) is 5. The molecule has 1 aromatic carbocycles. The summed E-state index contributed by atoms with van der Waals surface area (Å²) in [6.07, 6.45) is 0. The molecule has 0 saturated heterocycles. The number of anilines is 3. The maximum atomic E-state index is 6.10. The predicted molar refractivity (Wildman–Crippen MR) is 88.7 cm³/mol. The van der Waals surface area contributed by atoms with E-state index in [1.54, 1.807) is 0 Å². The van der Waals surface area contributed by atoms with E-state index in [0.717, 1.165) is 17.1 Å². The SMILES string of the molecule is CNc1c(N)cccc1N(N(C)C)N(C(C)C)C(C)C. The number of para-hydroxylation sites is 1. The molecule has 0 aliphatic carbocycles. The van der Waals surface area contributed by atoms with Crippen molar-refractivity contribution in [2.24, 2.45) is 0 Å². The summed E-state index contributed by atoms with van der Waals surface area (Å²) >= 11 is 0. The molecule has 0 spiro atoms. The van der Waals surface area contributed by atoms with Crippen molar-refractivity contribution in [3.8, 4) is 0 Å². The van der Waals surface area contributed by atoms with Crippen LogP contribution in [-0.2, 0) is 0 Å². The van der Waals surface area contributed by atoms with Crippen LogP contribution in [0.5, 0.6) is 0 Å². The van der Waals surface area contributed by atoms with Crippen molar-refractivity contribution in [1.29, 1.82) is 0 Å². The number of hydrogen-bond donors (Lipinski definition) is 2. The Kier molecular flexibility index (Phi) is 5.65. The Morgan fingerprint density at radius 3 is 2.00 bits per heavy atom. The van der Waals surface area contributed by atoms with Gasteiger partial charge in [0.15, 0.2) is 0 Å². The maximum Gasteiger partial charge on any atom is 0.0959 e. The normalized spacial score (nSPS) is 11.8. The average molecular weight is 279 g/mol. The third-order valence-electron chi connectivity index (χ3n) is 3.20. The van der Waals surface area contributed by atoms with Crippen LogP contribution in [0.2, 0.25) is 0 Å². The zero-order valence-electron chi connectivity index (χ0n) is 13.8. The molecule has 0 atom stereocenters. The lowest BCUT2D eigenvalue weighted by Crippen LogP contribution is -2.56. The first kappa shape index (κ1) is 16.6. The van der Waals surface area contributed by atoms with Gasteiger partial charge in [0, 0.05) is 33.2 Å². The molecule has 114 valence electrons. The molecule has 0 heterocycles. The van der Waals surface area contributed by atoms with Crippen molar-refractivity contribution in [3.05, 3.63) is 18.2 Å². The van der Waals surface area contributed by atoms with Gasteiger partial charge in [-0.2, -0.15) is 0 Å². The van der Waals surface area contributed by atoms with Gasteiger partial charge in [0.05, 0.1) is 17.1 Å². The molecule has 0 amide bonds. The summed E-state index contributed by atoms with van der Waals surface area (Å²) in [6.45, 7) is 8.79. The molecule has 0 fully saturated rings. The number of nitrogens with one attached hydrogen (secondary N) is 1. The summed E-state index contributed by atoms with van der Waals surface area (Å²) in [7, 11) is 5.99. The molecule has 0 aromatic heterocycles. The van der Waals surface area contributed by atoms with Crippen LogP contribution >= 0.6 is 0 Å².